The fourth-order valence-electron chi connectivity index (χ4n) is 1.08. The topological polar surface area (TPSA) is 17.8 Å². The predicted octanol–water partition coefficient (Wildman–Crippen LogP) is 2.05. The molecule has 0 spiro atoms. The Morgan fingerprint density at radius 1 is 1.70 bits per heavy atom. The van der Waals surface area contributed by atoms with E-state index in [0.29, 0.717) is 0 Å². The van der Waals surface area contributed by atoms with Crippen LogP contribution in [-0.4, -0.2) is 9.78 Å². The number of halogens is 1. The van der Waals surface area contributed by atoms with Gasteiger partial charge in [0.1, 0.15) is 5.15 Å². The highest BCUT2D eigenvalue weighted by Crippen LogP contribution is 2.43. The summed E-state index contributed by atoms with van der Waals surface area (Å²) in [4.78, 5) is 0. The Labute approximate surface area is 64.8 Å². The van der Waals surface area contributed by atoms with Crippen LogP contribution in [-0.2, 0) is 5.54 Å². The van der Waals surface area contributed by atoms with Crippen LogP contribution >= 0.6 is 11.6 Å². The smallest absolute Gasteiger partial charge is 0.127 e. The van der Waals surface area contributed by atoms with Crippen molar-refractivity contribution in [1.29, 1.82) is 0 Å². The standard InChI is InChI=1S/C7H9ClN2/c1-7(3-4-7)10-6(8)2-5-9-10/h2,5H,3-4H2,1H3. The molecule has 0 radical (unpaired) electrons. The number of nitrogens with zero attached hydrogens (tertiary/aromatic N) is 2. The lowest BCUT2D eigenvalue weighted by molar-refractivity contribution is 0.473. The first-order valence-corrected chi connectivity index (χ1v) is 3.80. The second-order valence-electron chi connectivity index (χ2n) is 3.06. The summed E-state index contributed by atoms with van der Waals surface area (Å²) in [6.07, 6.45) is 4.15. The van der Waals surface area contributed by atoms with E-state index in [9.17, 15) is 0 Å². The highest BCUT2D eigenvalue weighted by atomic mass is 35.5. The summed E-state index contributed by atoms with van der Waals surface area (Å²) >= 11 is 5.86. The van der Waals surface area contributed by atoms with Crippen LogP contribution in [0.3, 0.4) is 0 Å². The molecule has 0 aliphatic heterocycles. The molecule has 10 heavy (non-hydrogen) atoms. The molecule has 2 rings (SSSR count). The van der Waals surface area contributed by atoms with E-state index >= 15 is 0 Å². The van der Waals surface area contributed by atoms with Crippen molar-refractivity contribution in [3.05, 3.63) is 17.4 Å². The lowest BCUT2D eigenvalue weighted by atomic mass is 10.3. The highest BCUT2D eigenvalue weighted by molar-refractivity contribution is 6.29. The molecular weight excluding hydrogens is 148 g/mol. The summed E-state index contributed by atoms with van der Waals surface area (Å²) in [6.45, 7) is 2.17. The Kier molecular flexibility index (Phi) is 1.09. The molecule has 1 fully saturated rings. The zero-order valence-electron chi connectivity index (χ0n) is 5.84. The minimum Gasteiger partial charge on any atom is -0.248 e. The van der Waals surface area contributed by atoms with Gasteiger partial charge in [-0.3, -0.25) is 0 Å². The second-order valence-corrected chi connectivity index (χ2v) is 3.45. The number of hydrogen-bond donors (Lipinski definition) is 0. The third-order valence-electron chi connectivity index (χ3n) is 2.08. The van der Waals surface area contributed by atoms with Gasteiger partial charge in [-0.2, -0.15) is 5.10 Å². The van der Waals surface area contributed by atoms with E-state index in [-0.39, 0.29) is 5.54 Å². The van der Waals surface area contributed by atoms with Gasteiger partial charge in [-0.1, -0.05) is 11.6 Å². The Morgan fingerprint density at radius 3 is 2.80 bits per heavy atom. The first-order valence-electron chi connectivity index (χ1n) is 3.42. The third kappa shape index (κ3) is 0.754. The summed E-state index contributed by atoms with van der Waals surface area (Å²) in [5.41, 5.74) is 0.237. The van der Waals surface area contributed by atoms with Crippen molar-refractivity contribution >= 4 is 11.6 Å². The van der Waals surface area contributed by atoms with Gasteiger partial charge in [-0.15, -0.1) is 0 Å². The lowest BCUT2D eigenvalue weighted by Crippen LogP contribution is -2.13. The van der Waals surface area contributed by atoms with E-state index in [0.717, 1.165) is 5.15 Å². The van der Waals surface area contributed by atoms with Gasteiger partial charge in [-0.05, 0) is 25.8 Å². The molecule has 0 N–H and O–H groups in total. The molecule has 0 bridgehead atoms. The zero-order chi connectivity index (χ0) is 7.19. The number of aromatic nitrogens is 2. The molecule has 2 nitrogen and oxygen atoms in total. The third-order valence-corrected chi connectivity index (χ3v) is 2.37. The van der Waals surface area contributed by atoms with E-state index in [1.54, 1.807) is 6.20 Å². The molecule has 0 amide bonds. The quantitative estimate of drug-likeness (QED) is 0.609. The molecule has 1 aromatic rings. The molecule has 1 aliphatic carbocycles. The summed E-state index contributed by atoms with van der Waals surface area (Å²) in [7, 11) is 0. The van der Waals surface area contributed by atoms with Gasteiger partial charge >= 0.3 is 0 Å². The van der Waals surface area contributed by atoms with Crippen LogP contribution in [0.15, 0.2) is 12.3 Å². The molecule has 0 atom stereocenters. The maximum absolute atomic E-state index is 5.86. The Hall–Kier alpha value is -0.500. The minimum absolute atomic E-state index is 0.237. The Bertz CT molecular complexity index is 250. The van der Waals surface area contributed by atoms with Crippen LogP contribution in [0, 0.1) is 0 Å². The van der Waals surface area contributed by atoms with Crippen molar-refractivity contribution in [2.24, 2.45) is 0 Å². The molecule has 0 unspecified atom stereocenters. The van der Waals surface area contributed by atoms with Gasteiger partial charge in [0.2, 0.25) is 0 Å². The van der Waals surface area contributed by atoms with Gasteiger partial charge in [0.25, 0.3) is 0 Å². The normalized spacial score (nSPS) is 21.0. The predicted molar refractivity (Wildman–Crippen MR) is 40.1 cm³/mol. The van der Waals surface area contributed by atoms with Crippen LogP contribution in [0.1, 0.15) is 19.8 Å². The summed E-state index contributed by atoms with van der Waals surface area (Å²) in [5, 5.41) is 4.88. The van der Waals surface area contributed by atoms with E-state index in [1.807, 2.05) is 10.7 Å². The average Bonchev–Trinajstić information content (AvgIpc) is 2.44. The lowest BCUT2D eigenvalue weighted by Gasteiger charge is -2.09. The molecular formula is C7H9ClN2. The van der Waals surface area contributed by atoms with Crippen molar-refractivity contribution < 1.29 is 0 Å². The number of hydrogen-bond acceptors (Lipinski definition) is 1. The molecule has 0 saturated heterocycles. The van der Waals surface area contributed by atoms with E-state index in [2.05, 4.69) is 12.0 Å². The zero-order valence-corrected chi connectivity index (χ0v) is 6.60. The fraction of sp³-hybridized carbons (Fsp3) is 0.571. The second kappa shape index (κ2) is 1.76. The summed E-state index contributed by atoms with van der Waals surface area (Å²) in [5.74, 6) is 0. The van der Waals surface area contributed by atoms with E-state index in [4.69, 9.17) is 11.6 Å². The Balaban J connectivity index is 2.42. The van der Waals surface area contributed by atoms with Crippen LogP contribution in [0.2, 0.25) is 5.15 Å². The van der Waals surface area contributed by atoms with Gasteiger partial charge < -0.3 is 0 Å². The molecule has 54 valence electrons. The summed E-state index contributed by atoms with van der Waals surface area (Å²) < 4.78 is 1.90. The molecule has 1 saturated carbocycles. The van der Waals surface area contributed by atoms with Crippen molar-refractivity contribution in [2.75, 3.05) is 0 Å². The maximum Gasteiger partial charge on any atom is 0.127 e. The first kappa shape index (κ1) is 6.23. The van der Waals surface area contributed by atoms with Crippen molar-refractivity contribution in [3.63, 3.8) is 0 Å². The first-order chi connectivity index (χ1) is 4.72. The van der Waals surface area contributed by atoms with Gasteiger partial charge in [0.15, 0.2) is 0 Å². The molecule has 1 heterocycles. The van der Waals surface area contributed by atoms with Gasteiger partial charge in [0, 0.05) is 0 Å². The van der Waals surface area contributed by atoms with Crippen molar-refractivity contribution in [2.45, 2.75) is 25.3 Å². The fourth-order valence-corrected chi connectivity index (χ4v) is 1.38. The SMILES string of the molecule is CC1(n2nccc2Cl)CC1. The molecule has 0 aromatic carbocycles. The van der Waals surface area contributed by atoms with Crippen LogP contribution in [0.4, 0.5) is 0 Å². The van der Waals surface area contributed by atoms with Crippen LogP contribution < -0.4 is 0 Å². The van der Waals surface area contributed by atoms with Gasteiger partial charge in [0.05, 0.1) is 11.7 Å². The molecule has 3 heteroatoms. The van der Waals surface area contributed by atoms with Crippen LogP contribution in [0.25, 0.3) is 0 Å². The van der Waals surface area contributed by atoms with E-state index < -0.39 is 0 Å². The maximum atomic E-state index is 5.86. The highest BCUT2D eigenvalue weighted by Gasteiger charge is 2.41. The molecule has 1 aliphatic rings. The van der Waals surface area contributed by atoms with E-state index in [1.165, 1.54) is 12.8 Å². The van der Waals surface area contributed by atoms with Gasteiger partial charge in [-0.25, -0.2) is 4.68 Å². The monoisotopic (exact) mass is 156 g/mol. The number of rotatable bonds is 1. The van der Waals surface area contributed by atoms with Crippen molar-refractivity contribution in [1.82, 2.24) is 9.78 Å². The largest absolute Gasteiger partial charge is 0.248 e. The Morgan fingerprint density at radius 2 is 2.40 bits per heavy atom. The summed E-state index contributed by atoms with van der Waals surface area (Å²) in [6, 6.07) is 1.82. The van der Waals surface area contributed by atoms with Crippen LogP contribution in [0.5, 0.6) is 0 Å². The minimum atomic E-state index is 0.237. The molecule has 1 aromatic heterocycles. The average molecular weight is 157 g/mol. The van der Waals surface area contributed by atoms with Crippen molar-refractivity contribution in [3.8, 4) is 0 Å².